The molecule has 0 saturated carbocycles. The van der Waals surface area contributed by atoms with Gasteiger partial charge in [-0.1, -0.05) is 37.4 Å². The van der Waals surface area contributed by atoms with Gasteiger partial charge >= 0.3 is 0 Å². The fraction of sp³-hybridized carbons (Fsp3) is 0.0769. The van der Waals surface area contributed by atoms with Gasteiger partial charge in [-0.3, -0.25) is 0 Å². The summed E-state index contributed by atoms with van der Waals surface area (Å²) in [6.45, 7) is 10.1. The summed E-state index contributed by atoms with van der Waals surface area (Å²) in [5, 5.41) is 4.60. The van der Waals surface area contributed by atoms with Crippen molar-refractivity contribution in [3.63, 3.8) is 0 Å². The van der Waals surface area contributed by atoms with Gasteiger partial charge in [0.05, 0.1) is 0 Å². The SMILES string of the molecule is C=c1cc2ccccc2c(C)c1=C. The number of fused-ring (bicyclic) bond motifs is 1. The second-order valence-electron chi connectivity index (χ2n) is 3.36. The van der Waals surface area contributed by atoms with Crippen LogP contribution in [-0.2, 0) is 0 Å². The first kappa shape index (κ1) is 8.06. The molecule has 0 heteroatoms. The van der Waals surface area contributed by atoms with Crippen molar-refractivity contribution in [3.8, 4) is 0 Å². The first-order valence-electron chi connectivity index (χ1n) is 4.36. The van der Waals surface area contributed by atoms with Gasteiger partial charge in [0.2, 0.25) is 0 Å². The smallest absolute Gasteiger partial charge is 0.0149 e. The molecule has 0 heterocycles. The van der Waals surface area contributed by atoms with E-state index >= 15 is 0 Å². The van der Waals surface area contributed by atoms with Gasteiger partial charge in [0.15, 0.2) is 0 Å². The minimum absolute atomic E-state index is 1.02. The van der Waals surface area contributed by atoms with E-state index in [1.807, 2.05) is 6.07 Å². The second-order valence-corrected chi connectivity index (χ2v) is 3.36. The van der Waals surface area contributed by atoms with Crippen LogP contribution < -0.4 is 10.4 Å². The lowest BCUT2D eigenvalue weighted by atomic mass is 10.0. The Bertz CT molecular complexity index is 550. The summed E-state index contributed by atoms with van der Waals surface area (Å²) in [7, 11) is 0. The van der Waals surface area contributed by atoms with Crippen molar-refractivity contribution in [1.29, 1.82) is 0 Å². The molecule has 2 aromatic rings. The summed E-state index contributed by atoms with van der Waals surface area (Å²) in [4.78, 5) is 0. The van der Waals surface area contributed by atoms with Crippen molar-refractivity contribution < 1.29 is 0 Å². The average Bonchev–Trinajstić information content (AvgIpc) is 2.15. The first-order valence-corrected chi connectivity index (χ1v) is 4.36. The third-order valence-corrected chi connectivity index (χ3v) is 2.53. The average molecular weight is 168 g/mol. The summed E-state index contributed by atoms with van der Waals surface area (Å²) < 4.78 is 0. The highest BCUT2D eigenvalue weighted by molar-refractivity contribution is 5.85. The van der Waals surface area contributed by atoms with E-state index < -0.39 is 0 Å². The molecule has 0 bridgehead atoms. The van der Waals surface area contributed by atoms with Crippen molar-refractivity contribution in [2.24, 2.45) is 0 Å². The molecule has 0 nitrogen and oxygen atoms in total. The summed E-state index contributed by atoms with van der Waals surface area (Å²) in [5.74, 6) is 0. The zero-order valence-corrected chi connectivity index (χ0v) is 7.80. The van der Waals surface area contributed by atoms with Crippen molar-refractivity contribution in [3.05, 3.63) is 46.3 Å². The summed E-state index contributed by atoms with van der Waals surface area (Å²) in [6, 6.07) is 10.4. The van der Waals surface area contributed by atoms with Gasteiger partial charge in [-0.2, -0.15) is 0 Å². The molecule has 0 spiro atoms. The summed E-state index contributed by atoms with van der Waals surface area (Å²) in [6.07, 6.45) is 0. The van der Waals surface area contributed by atoms with Gasteiger partial charge in [0.25, 0.3) is 0 Å². The van der Waals surface area contributed by atoms with E-state index in [0.717, 1.165) is 10.4 Å². The van der Waals surface area contributed by atoms with Gasteiger partial charge < -0.3 is 0 Å². The number of aryl methyl sites for hydroxylation is 1. The summed E-state index contributed by atoms with van der Waals surface area (Å²) in [5.41, 5.74) is 1.24. The standard InChI is InChI=1S/C13H12/c1-9-8-12-6-4-5-7-13(12)11(3)10(9)2/h4-8H,1-2H2,3H3. The molecule has 2 rings (SSSR count). The van der Waals surface area contributed by atoms with E-state index in [4.69, 9.17) is 0 Å². The lowest BCUT2D eigenvalue weighted by Gasteiger charge is -2.02. The number of hydrogen-bond donors (Lipinski definition) is 0. The van der Waals surface area contributed by atoms with E-state index in [1.165, 1.54) is 16.3 Å². The molecule has 0 unspecified atom stereocenters. The third-order valence-electron chi connectivity index (χ3n) is 2.53. The van der Waals surface area contributed by atoms with Crippen LogP contribution in [0.1, 0.15) is 5.56 Å². The lowest BCUT2D eigenvalue weighted by Crippen LogP contribution is -2.24. The monoisotopic (exact) mass is 168 g/mol. The van der Waals surface area contributed by atoms with Crippen LogP contribution >= 0.6 is 0 Å². The van der Waals surface area contributed by atoms with E-state index in [-0.39, 0.29) is 0 Å². The predicted octanol–water partition coefficient (Wildman–Crippen LogP) is 1.97. The zero-order valence-electron chi connectivity index (χ0n) is 7.80. The van der Waals surface area contributed by atoms with Gasteiger partial charge in [0.1, 0.15) is 0 Å². The molecule has 0 fully saturated rings. The lowest BCUT2D eigenvalue weighted by molar-refractivity contribution is 1.43. The predicted molar refractivity (Wildman–Crippen MR) is 59.0 cm³/mol. The minimum atomic E-state index is 1.02. The molecule has 0 N–H and O–H groups in total. The molecule has 0 aliphatic rings. The maximum atomic E-state index is 4.01. The Morgan fingerprint density at radius 1 is 1.08 bits per heavy atom. The van der Waals surface area contributed by atoms with Crippen molar-refractivity contribution in [2.45, 2.75) is 6.92 Å². The Morgan fingerprint density at radius 2 is 1.77 bits per heavy atom. The second kappa shape index (κ2) is 2.74. The van der Waals surface area contributed by atoms with Gasteiger partial charge in [-0.15, -0.1) is 0 Å². The molecule has 0 saturated heterocycles. The molecule has 13 heavy (non-hydrogen) atoms. The Balaban J connectivity index is 3.11. The van der Waals surface area contributed by atoms with Crippen molar-refractivity contribution >= 4 is 23.9 Å². The van der Waals surface area contributed by atoms with Crippen LogP contribution in [0, 0.1) is 6.92 Å². The van der Waals surface area contributed by atoms with Crippen LogP contribution in [-0.4, -0.2) is 0 Å². The van der Waals surface area contributed by atoms with E-state index in [9.17, 15) is 0 Å². The van der Waals surface area contributed by atoms with Crippen LogP contribution in [0.25, 0.3) is 23.9 Å². The van der Waals surface area contributed by atoms with Gasteiger partial charge in [-0.25, -0.2) is 0 Å². The van der Waals surface area contributed by atoms with Crippen molar-refractivity contribution in [2.75, 3.05) is 0 Å². The molecule has 0 aromatic heterocycles. The Morgan fingerprint density at radius 3 is 2.54 bits per heavy atom. The molecule has 0 aliphatic heterocycles. The number of benzene rings is 2. The molecular formula is C13H12. The highest BCUT2D eigenvalue weighted by atomic mass is 14.0. The van der Waals surface area contributed by atoms with Crippen LogP contribution in [0.2, 0.25) is 0 Å². The molecule has 0 radical (unpaired) electrons. The van der Waals surface area contributed by atoms with Crippen LogP contribution in [0.3, 0.4) is 0 Å². The van der Waals surface area contributed by atoms with Gasteiger partial charge in [0, 0.05) is 0 Å². The molecule has 64 valence electrons. The number of hydrogen-bond acceptors (Lipinski definition) is 0. The Kier molecular flexibility index (Phi) is 1.70. The normalized spacial score (nSPS) is 10.5. The van der Waals surface area contributed by atoms with Gasteiger partial charge in [-0.05, 0) is 39.8 Å². The van der Waals surface area contributed by atoms with E-state index in [2.05, 4.69) is 44.3 Å². The van der Waals surface area contributed by atoms with Crippen LogP contribution in [0.4, 0.5) is 0 Å². The fourth-order valence-corrected chi connectivity index (χ4v) is 1.64. The molecule has 0 atom stereocenters. The van der Waals surface area contributed by atoms with Crippen LogP contribution in [0.15, 0.2) is 30.3 Å². The Labute approximate surface area is 77.8 Å². The third kappa shape index (κ3) is 1.15. The Hall–Kier alpha value is -1.56. The van der Waals surface area contributed by atoms with E-state index in [1.54, 1.807) is 0 Å². The summed E-state index contributed by atoms with van der Waals surface area (Å²) >= 11 is 0. The van der Waals surface area contributed by atoms with E-state index in [0.29, 0.717) is 0 Å². The maximum Gasteiger partial charge on any atom is -0.0149 e. The first-order chi connectivity index (χ1) is 6.20. The molecule has 2 aromatic carbocycles. The molecule has 0 aliphatic carbocycles. The number of rotatable bonds is 0. The zero-order chi connectivity index (χ0) is 9.42. The molecule has 0 amide bonds. The maximum absolute atomic E-state index is 4.01. The van der Waals surface area contributed by atoms with Crippen LogP contribution in [0.5, 0.6) is 0 Å². The topological polar surface area (TPSA) is 0 Å². The highest BCUT2D eigenvalue weighted by Gasteiger charge is 1.96. The largest absolute Gasteiger partial charge is 0.0911 e. The fourth-order valence-electron chi connectivity index (χ4n) is 1.64. The van der Waals surface area contributed by atoms with Crippen molar-refractivity contribution in [1.82, 2.24) is 0 Å². The quantitative estimate of drug-likeness (QED) is 0.564. The molecular weight excluding hydrogens is 156 g/mol. The minimum Gasteiger partial charge on any atom is -0.0911 e. The highest BCUT2D eigenvalue weighted by Crippen LogP contribution is 2.12.